The van der Waals surface area contributed by atoms with Crippen LogP contribution in [0.3, 0.4) is 0 Å². The molecule has 0 aromatic carbocycles. The predicted molar refractivity (Wildman–Crippen MR) is 52.1 cm³/mol. The van der Waals surface area contributed by atoms with Crippen molar-refractivity contribution in [1.29, 1.82) is 0 Å². The van der Waals surface area contributed by atoms with Gasteiger partial charge in [0.15, 0.2) is 0 Å². The maximum atomic E-state index is 3.52. The molecule has 70 valence electrons. The minimum Gasteiger partial charge on any atom is -0.316 e. The lowest BCUT2D eigenvalue weighted by Crippen LogP contribution is -2.45. The minimum atomic E-state index is 0.630. The molecule has 1 heterocycles. The molecule has 0 bridgehead atoms. The van der Waals surface area contributed by atoms with Gasteiger partial charge in [-0.25, -0.2) is 0 Å². The zero-order chi connectivity index (χ0) is 8.60. The summed E-state index contributed by atoms with van der Waals surface area (Å²) in [4.78, 5) is 0. The number of hydrogen-bond donors (Lipinski definition) is 1. The van der Waals surface area contributed by atoms with Crippen molar-refractivity contribution in [1.82, 2.24) is 5.32 Å². The van der Waals surface area contributed by atoms with Gasteiger partial charge in [-0.15, -0.1) is 0 Å². The van der Waals surface area contributed by atoms with Crippen molar-refractivity contribution >= 4 is 0 Å². The van der Waals surface area contributed by atoms with Crippen LogP contribution in [0.25, 0.3) is 0 Å². The maximum Gasteiger partial charge on any atom is -0.00177 e. The van der Waals surface area contributed by atoms with Gasteiger partial charge in [-0.3, -0.25) is 0 Å². The second-order valence-corrected chi connectivity index (χ2v) is 5.24. The van der Waals surface area contributed by atoms with Crippen LogP contribution in [0.2, 0.25) is 0 Å². The lowest BCUT2D eigenvalue weighted by atomic mass is 9.61. The standard InChI is InChI=1S/C11H21N/c1-11(2)6-3-4-9-8-12-7-5-10(9)11/h9-10,12H,3-8H2,1-2H3. The summed E-state index contributed by atoms with van der Waals surface area (Å²) in [5, 5.41) is 3.52. The van der Waals surface area contributed by atoms with Crippen LogP contribution >= 0.6 is 0 Å². The Morgan fingerprint density at radius 1 is 1.25 bits per heavy atom. The summed E-state index contributed by atoms with van der Waals surface area (Å²) in [6.45, 7) is 7.48. The molecule has 0 amide bonds. The third-order valence-electron chi connectivity index (χ3n) is 4.01. The van der Waals surface area contributed by atoms with Gasteiger partial charge in [0.25, 0.3) is 0 Å². The molecule has 1 N–H and O–H groups in total. The molecule has 1 heteroatoms. The van der Waals surface area contributed by atoms with Crippen molar-refractivity contribution in [3.05, 3.63) is 0 Å². The number of piperidine rings is 1. The normalized spacial score (nSPS) is 40.5. The summed E-state index contributed by atoms with van der Waals surface area (Å²) in [7, 11) is 0. The molecule has 0 aromatic rings. The second-order valence-electron chi connectivity index (χ2n) is 5.24. The Balaban J connectivity index is 2.09. The first-order valence-electron chi connectivity index (χ1n) is 5.41. The van der Waals surface area contributed by atoms with E-state index in [-0.39, 0.29) is 0 Å². The zero-order valence-electron chi connectivity index (χ0n) is 8.40. The zero-order valence-corrected chi connectivity index (χ0v) is 8.40. The van der Waals surface area contributed by atoms with E-state index in [0.717, 1.165) is 11.8 Å². The molecule has 2 aliphatic rings. The molecule has 0 aromatic heterocycles. The van der Waals surface area contributed by atoms with Crippen molar-refractivity contribution in [3.8, 4) is 0 Å². The van der Waals surface area contributed by atoms with Crippen molar-refractivity contribution in [2.24, 2.45) is 17.3 Å². The highest BCUT2D eigenvalue weighted by atomic mass is 14.9. The van der Waals surface area contributed by atoms with E-state index in [1.807, 2.05) is 0 Å². The first-order valence-corrected chi connectivity index (χ1v) is 5.41. The monoisotopic (exact) mass is 167 g/mol. The van der Waals surface area contributed by atoms with Crippen LogP contribution in [0.5, 0.6) is 0 Å². The van der Waals surface area contributed by atoms with Crippen LogP contribution in [0, 0.1) is 17.3 Å². The average molecular weight is 167 g/mol. The van der Waals surface area contributed by atoms with Crippen molar-refractivity contribution in [2.75, 3.05) is 13.1 Å². The fraction of sp³-hybridized carbons (Fsp3) is 1.00. The molecule has 0 spiro atoms. The second kappa shape index (κ2) is 3.02. The summed E-state index contributed by atoms with van der Waals surface area (Å²) in [5.74, 6) is 2.00. The lowest BCUT2D eigenvalue weighted by Gasteiger charge is -2.47. The summed E-state index contributed by atoms with van der Waals surface area (Å²) >= 11 is 0. The van der Waals surface area contributed by atoms with E-state index in [1.165, 1.54) is 38.8 Å². The molecule has 2 unspecified atom stereocenters. The summed E-state index contributed by atoms with van der Waals surface area (Å²) in [6.07, 6.45) is 5.79. The molecule has 1 aliphatic carbocycles. The Bertz CT molecular complexity index is 160. The van der Waals surface area contributed by atoms with E-state index in [2.05, 4.69) is 19.2 Å². The van der Waals surface area contributed by atoms with Gasteiger partial charge in [0.05, 0.1) is 0 Å². The van der Waals surface area contributed by atoms with Gasteiger partial charge in [0.2, 0.25) is 0 Å². The SMILES string of the molecule is CC1(C)CCCC2CNCCC21. The Hall–Kier alpha value is -0.0400. The maximum absolute atomic E-state index is 3.52. The van der Waals surface area contributed by atoms with E-state index < -0.39 is 0 Å². The van der Waals surface area contributed by atoms with Crippen LogP contribution < -0.4 is 5.32 Å². The van der Waals surface area contributed by atoms with E-state index in [9.17, 15) is 0 Å². The molecule has 2 fully saturated rings. The minimum absolute atomic E-state index is 0.630. The van der Waals surface area contributed by atoms with Gasteiger partial charge in [0, 0.05) is 0 Å². The molecule has 12 heavy (non-hydrogen) atoms. The van der Waals surface area contributed by atoms with Crippen LogP contribution in [0.15, 0.2) is 0 Å². The smallest absolute Gasteiger partial charge is 0.00177 e. The van der Waals surface area contributed by atoms with Crippen molar-refractivity contribution < 1.29 is 0 Å². The molecule has 2 atom stereocenters. The molecule has 2 rings (SSSR count). The highest BCUT2D eigenvalue weighted by molar-refractivity contribution is 4.91. The van der Waals surface area contributed by atoms with E-state index in [1.54, 1.807) is 0 Å². The molecule has 1 nitrogen and oxygen atoms in total. The third kappa shape index (κ3) is 1.39. The molecule has 1 saturated carbocycles. The lowest BCUT2D eigenvalue weighted by molar-refractivity contribution is 0.0493. The molecular formula is C11H21N. The Labute approximate surface area is 75.9 Å². The van der Waals surface area contributed by atoms with Gasteiger partial charge in [-0.05, 0) is 49.6 Å². The Morgan fingerprint density at radius 3 is 2.83 bits per heavy atom. The molecular weight excluding hydrogens is 146 g/mol. The van der Waals surface area contributed by atoms with Crippen molar-refractivity contribution in [3.63, 3.8) is 0 Å². The van der Waals surface area contributed by atoms with Crippen LogP contribution in [-0.2, 0) is 0 Å². The number of rotatable bonds is 0. The highest BCUT2D eigenvalue weighted by Gasteiger charge is 2.39. The third-order valence-corrected chi connectivity index (χ3v) is 4.01. The molecule has 0 radical (unpaired) electrons. The molecule has 1 aliphatic heterocycles. The molecule has 1 saturated heterocycles. The number of nitrogens with one attached hydrogen (secondary N) is 1. The average Bonchev–Trinajstić information content (AvgIpc) is 2.04. The van der Waals surface area contributed by atoms with Gasteiger partial charge in [0.1, 0.15) is 0 Å². The van der Waals surface area contributed by atoms with E-state index in [0.29, 0.717) is 5.41 Å². The first kappa shape index (κ1) is 8.55. The number of fused-ring (bicyclic) bond motifs is 1. The summed E-state index contributed by atoms with van der Waals surface area (Å²) < 4.78 is 0. The summed E-state index contributed by atoms with van der Waals surface area (Å²) in [5.41, 5.74) is 0.630. The Kier molecular flexibility index (Phi) is 2.16. The Morgan fingerprint density at radius 2 is 2.08 bits per heavy atom. The van der Waals surface area contributed by atoms with Crippen LogP contribution in [0.1, 0.15) is 39.5 Å². The van der Waals surface area contributed by atoms with E-state index >= 15 is 0 Å². The van der Waals surface area contributed by atoms with Gasteiger partial charge in [-0.1, -0.05) is 20.3 Å². The van der Waals surface area contributed by atoms with Crippen LogP contribution in [0.4, 0.5) is 0 Å². The van der Waals surface area contributed by atoms with Gasteiger partial charge < -0.3 is 5.32 Å². The van der Waals surface area contributed by atoms with Crippen LogP contribution in [-0.4, -0.2) is 13.1 Å². The predicted octanol–water partition coefficient (Wildman–Crippen LogP) is 2.42. The quantitative estimate of drug-likeness (QED) is 0.584. The van der Waals surface area contributed by atoms with E-state index in [4.69, 9.17) is 0 Å². The highest BCUT2D eigenvalue weighted by Crippen LogP contribution is 2.46. The fourth-order valence-corrected chi connectivity index (χ4v) is 3.26. The van der Waals surface area contributed by atoms with Crippen molar-refractivity contribution in [2.45, 2.75) is 39.5 Å². The summed E-state index contributed by atoms with van der Waals surface area (Å²) in [6, 6.07) is 0. The largest absolute Gasteiger partial charge is 0.316 e. The fourth-order valence-electron chi connectivity index (χ4n) is 3.26. The van der Waals surface area contributed by atoms with Gasteiger partial charge in [-0.2, -0.15) is 0 Å². The first-order chi connectivity index (χ1) is 5.70. The van der Waals surface area contributed by atoms with Gasteiger partial charge >= 0.3 is 0 Å². The number of hydrogen-bond acceptors (Lipinski definition) is 1. The topological polar surface area (TPSA) is 12.0 Å².